The van der Waals surface area contributed by atoms with Crippen LogP contribution in [0.4, 0.5) is 0 Å². The van der Waals surface area contributed by atoms with Gasteiger partial charge in [-0.15, -0.1) is 0 Å². The van der Waals surface area contributed by atoms with E-state index in [1.807, 2.05) is 13.8 Å². The van der Waals surface area contributed by atoms with Crippen molar-refractivity contribution in [1.29, 1.82) is 0 Å². The molecule has 1 N–H and O–H groups in total. The molecule has 1 atom stereocenters. The Morgan fingerprint density at radius 1 is 1.50 bits per heavy atom. The molecular weight excluding hydrogens is 258 g/mol. The zero-order valence-corrected chi connectivity index (χ0v) is 11.0. The van der Waals surface area contributed by atoms with Crippen LogP contribution < -0.4 is 0 Å². The van der Waals surface area contributed by atoms with E-state index in [2.05, 4.69) is 4.98 Å². The lowest BCUT2D eigenvalue weighted by Gasteiger charge is -2.00. The average Bonchev–Trinajstić information content (AvgIpc) is 2.80. The third-order valence-corrected chi connectivity index (χ3v) is 4.76. The molecule has 0 aliphatic carbocycles. The van der Waals surface area contributed by atoms with Crippen LogP contribution in [0.1, 0.15) is 54.2 Å². The van der Waals surface area contributed by atoms with Gasteiger partial charge in [0.2, 0.25) is 5.76 Å². The quantitative estimate of drug-likeness (QED) is 0.893. The van der Waals surface area contributed by atoms with E-state index in [9.17, 15) is 13.2 Å². The topological polar surface area (TPSA) is 97.5 Å². The molecule has 1 aliphatic rings. The summed E-state index contributed by atoms with van der Waals surface area (Å²) < 4.78 is 28.0. The Labute approximate surface area is 105 Å². The maximum absolute atomic E-state index is 11.4. The lowest BCUT2D eigenvalue weighted by Crippen LogP contribution is -2.04. The molecule has 7 heteroatoms. The summed E-state index contributed by atoms with van der Waals surface area (Å²) in [5.74, 6) is -1.41. The summed E-state index contributed by atoms with van der Waals surface area (Å²) in [5.41, 5.74) is 0.377. The lowest BCUT2D eigenvalue weighted by molar-refractivity contribution is 0.0657. The summed E-state index contributed by atoms with van der Waals surface area (Å²) in [4.78, 5) is 15.2. The van der Waals surface area contributed by atoms with Crippen LogP contribution in [0.25, 0.3) is 0 Å². The summed E-state index contributed by atoms with van der Waals surface area (Å²) in [7, 11) is -3.04. The second-order valence-corrected chi connectivity index (χ2v) is 7.06. The highest BCUT2D eigenvalue weighted by Crippen LogP contribution is 2.31. The molecule has 0 amide bonds. The van der Waals surface area contributed by atoms with Crippen molar-refractivity contribution < 1.29 is 22.7 Å². The van der Waals surface area contributed by atoms with Crippen molar-refractivity contribution >= 4 is 15.8 Å². The van der Waals surface area contributed by atoms with Crippen LogP contribution in [0.5, 0.6) is 0 Å². The molecule has 0 spiro atoms. The summed E-state index contributed by atoms with van der Waals surface area (Å²) in [6.07, 6.45) is 0.444. The number of aromatic carboxylic acids is 1. The van der Waals surface area contributed by atoms with Gasteiger partial charge in [0.1, 0.15) is 0 Å². The van der Waals surface area contributed by atoms with Crippen LogP contribution in [-0.4, -0.2) is 36.0 Å². The Morgan fingerprint density at radius 3 is 2.56 bits per heavy atom. The van der Waals surface area contributed by atoms with Gasteiger partial charge in [0.25, 0.3) is 0 Å². The third-order valence-electron chi connectivity index (χ3n) is 2.99. The predicted octanol–water partition coefficient (Wildman–Crippen LogP) is 1.40. The van der Waals surface area contributed by atoms with E-state index in [-0.39, 0.29) is 35.0 Å². The second kappa shape index (κ2) is 4.38. The highest BCUT2D eigenvalue weighted by Gasteiger charge is 2.34. The molecule has 1 aromatic heterocycles. The zero-order valence-electron chi connectivity index (χ0n) is 10.2. The SMILES string of the molecule is CC(C)c1nc(C2CCS(=O)(=O)C2)oc1C(=O)O. The van der Waals surface area contributed by atoms with Gasteiger partial charge in [-0.2, -0.15) is 0 Å². The minimum absolute atomic E-state index is 0.00981. The van der Waals surface area contributed by atoms with E-state index >= 15 is 0 Å². The van der Waals surface area contributed by atoms with Gasteiger partial charge in [0.15, 0.2) is 15.7 Å². The van der Waals surface area contributed by atoms with Crippen molar-refractivity contribution in [1.82, 2.24) is 4.98 Å². The fraction of sp³-hybridized carbons (Fsp3) is 0.636. The first-order chi connectivity index (χ1) is 8.30. The summed E-state index contributed by atoms with van der Waals surface area (Å²) in [6.45, 7) is 3.64. The van der Waals surface area contributed by atoms with E-state index in [1.165, 1.54) is 0 Å². The number of hydrogen-bond acceptors (Lipinski definition) is 5. The molecule has 1 fully saturated rings. The van der Waals surface area contributed by atoms with Crippen molar-refractivity contribution in [2.24, 2.45) is 0 Å². The predicted molar refractivity (Wildman–Crippen MR) is 63.6 cm³/mol. The van der Waals surface area contributed by atoms with Gasteiger partial charge >= 0.3 is 5.97 Å². The fourth-order valence-electron chi connectivity index (χ4n) is 2.06. The number of carboxylic acid groups (broad SMARTS) is 1. The molecular formula is C11H15NO5S. The first kappa shape index (κ1) is 13.1. The molecule has 2 heterocycles. The molecule has 100 valence electrons. The molecule has 1 aromatic rings. The van der Waals surface area contributed by atoms with E-state index in [4.69, 9.17) is 9.52 Å². The number of rotatable bonds is 3. The smallest absolute Gasteiger partial charge is 0.373 e. The molecule has 18 heavy (non-hydrogen) atoms. The van der Waals surface area contributed by atoms with Crippen molar-refractivity contribution in [3.05, 3.63) is 17.3 Å². The number of sulfone groups is 1. The first-order valence-electron chi connectivity index (χ1n) is 5.74. The number of aromatic nitrogens is 1. The van der Waals surface area contributed by atoms with Crippen LogP contribution >= 0.6 is 0 Å². The van der Waals surface area contributed by atoms with Gasteiger partial charge < -0.3 is 9.52 Å². The Bertz CT molecular complexity index is 572. The second-order valence-electron chi connectivity index (χ2n) is 4.83. The van der Waals surface area contributed by atoms with Gasteiger partial charge in [0, 0.05) is 0 Å². The molecule has 2 rings (SSSR count). The van der Waals surface area contributed by atoms with E-state index in [1.54, 1.807) is 0 Å². The Hall–Kier alpha value is -1.37. The molecule has 1 aliphatic heterocycles. The van der Waals surface area contributed by atoms with Crippen molar-refractivity contribution in [3.8, 4) is 0 Å². The van der Waals surface area contributed by atoms with Crippen LogP contribution in [0.15, 0.2) is 4.42 Å². The fourth-order valence-corrected chi connectivity index (χ4v) is 3.79. The van der Waals surface area contributed by atoms with Crippen LogP contribution in [-0.2, 0) is 9.84 Å². The summed E-state index contributed by atoms with van der Waals surface area (Å²) in [5, 5.41) is 9.02. The highest BCUT2D eigenvalue weighted by molar-refractivity contribution is 7.91. The average molecular weight is 273 g/mol. The molecule has 0 radical (unpaired) electrons. The largest absolute Gasteiger partial charge is 0.475 e. The Kier molecular flexibility index (Phi) is 3.18. The van der Waals surface area contributed by atoms with Gasteiger partial charge in [0.05, 0.1) is 23.1 Å². The van der Waals surface area contributed by atoms with Crippen LogP contribution in [0.3, 0.4) is 0 Å². The summed E-state index contributed by atoms with van der Waals surface area (Å²) >= 11 is 0. The Balaban J connectivity index is 2.36. The van der Waals surface area contributed by atoms with Crippen molar-refractivity contribution in [2.75, 3.05) is 11.5 Å². The maximum Gasteiger partial charge on any atom is 0.373 e. The van der Waals surface area contributed by atoms with Crippen LogP contribution in [0.2, 0.25) is 0 Å². The third kappa shape index (κ3) is 2.40. The number of oxazole rings is 1. The molecule has 0 bridgehead atoms. The monoisotopic (exact) mass is 273 g/mol. The van der Waals surface area contributed by atoms with Crippen molar-refractivity contribution in [3.63, 3.8) is 0 Å². The lowest BCUT2D eigenvalue weighted by atomic mass is 10.1. The van der Waals surface area contributed by atoms with Gasteiger partial charge in [-0.3, -0.25) is 0 Å². The molecule has 0 saturated carbocycles. The minimum Gasteiger partial charge on any atom is -0.475 e. The van der Waals surface area contributed by atoms with E-state index in [0.717, 1.165) is 0 Å². The zero-order chi connectivity index (χ0) is 13.5. The van der Waals surface area contributed by atoms with Gasteiger partial charge in [-0.1, -0.05) is 13.8 Å². The molecule has 1 saturated heterocycles. The van der Waals surface area contributed by atoms with Gasteiger partial charge in [-0.25, -0.2) is 18.2 Å². The standard InChI is InChI=1S/C11H15NO5S/c1-6(2)8-9(11(13)14)17-10(12-8)7-3-4-18(15,16)5-7/h6-7H,3-5H2,1-2H3,(H,13,14). The highest BCUT2D eigenvalue weighted by atomic mass is 32.2. The van der Waals surface area contributed by atoms with Gasteiger partial charge in [-0.05, 0) is 12.3 Å². The number of nitrogens with zero attached hydrogens (tertiary/aromatic N) is 1. The van der Waals surface area contributed by atoms with E-state index < -0.39 is 15.8 Å². The maximum atomic E-state index is 11.4. The minimum atomic E-state index is -3.04. The number of carbonyl (C=O) groups is 1. The molecule has 1 unspecified atom stereocenters. The summed E-state index contributed by atoms with van der Waals surface area (Å²) in [6, 6.07) is 0. The van der Waals surface area contributed by atoms with Crippen molar-refractivity contribution in [2.45, 2.75) is 32.1 Å². The van der Waals surface area contributed by atoms with Crippen LogP contribution in [0, 0.1) is 0 Å². The molecule has 6 nitrogen and oxygen atoms in total. The molecule has 0 aromatic carbocycles. The normalized spacial score (nSPS) is 22.5. The number of hydrogen-bond donors (Lipinski definition) is 1. The Morgan fingerprint density at radius 2 is 2.17 bits per heavy atom. The first-order valence-corrected chi connectivity index (χ1v) is 7.56. The number of carboxylic acids is 1. The van der Waals surface area contributed by atoms with E-state index in [0.29, 0.717) is 12.1 Å².